The Kier molecular flexibility index (Phi) is 6.40. The highest BCUT2D eigenvalue weighted by Gasteiger charge is 2.27. The zero-order valence-corrected chi connectivity index (χ0v) is 11.2. The molecule has 8 heteroatoms. The summed E-state index contributed by atoms with van der Waals surface area (Å²) in [5.41, 5.74) is 0. The molecular weight excluding hydrogens is 268 g/mol. The third-order valence-electron chi connectivity index (χ3n) is 3.27. The van der Waals surface area contributed by atoms with Crippen molar-refractivity contribution in [3.05, 3.63) is 0 Å². The Labute approximate surface area is 116 Å². The summed E-state index contributed by atoms with van der Waals surface area (Å²) in [6, 6.07) is -0.112. The lowest BCUT2D eigenvalue weighted by molar-refractivity contribution is -0.144. The van der Waals surface area contributed by atoms with Crippen LogP contribution in [0.5, 0.6) is 0 Å². The molecule has 1 rings (SSSR count). The fourth-order valence-electron chi connectivity index (χ4n) is 2.51. The van der Waals surface area contributed by atoms with Crippen LogP contribution in [-0.4, -0.2) is 81.8 Å². The van der Waals surface area contributed by atoms with Crippen LogP contribution in [0.4, 0.5) is 0 Å². The number of hydrogen-bond acceptors (Lipinski definition) is 5. The third kappa shape index (κ3) is 5.98. The maximum absolute atomic E-state index is 10.8. The van der Waals surface area contributed by atoms with Gasteiger partial charge in [-0.05, 0) is 19.4 Å². The number of carboxylic acids is 3. The van der Waals surface area contributed by atoms with E-state index in [4.69, 9.17) is 15.3 Å². The van der Waals surface area contributed by atoms with Gasteiger partial charge >= 0.3 is 17.9 Å². The lowest BCUT2D eigenvalue weighted by Gasteiger charge is -2.37. The van der Waals surface area contributed by atoms with E-state index in [1.54, 1.807) is 4.90 Å². The minimum Gasteiger partial charge on any atom is -0.480 e. The van der Waals surface area contributed by atoms with E-state index in [1.165, 1.54) is 4.90 Å². The molecule has 0 amide bonds. The average Bonchev–Trinajstić information content (AvgIpc) is 2.29. The van der Waals surface area contributed by atoms with Crippen LogP contribution in [0, 0.1) is 0 Å². The van der Waals surface area contributed by atoms with Crippen LogP contribution in [0.3, 0.4) is 0 Å². The maximum Gasteiger partial charge on any atom is 0.317 e. The van der Waals surface area contributed by atoms with E-state index in [2.05, 4.69) is 0 Å². The molecule has 0 spiro atoms. The quantitative estimate of drug-likeness (QED) is 0.541. The molecule has 0 radical (unpaired) electrons. The number of carboxylic acid groups (broad SMARTS) is 3. The van der Waals surface area contributed by atoms with Gasteiger partial charge in [-0.25, -0.2) is 0 Å². The highest BCUT2D eigenvalue weighted by Crippen LogP contribution is 2.17. The second-order valence-electron chi connectivity index (χ2n) is 4.97. The summed E-state index contributed by atoms with van der Waals surface area (Å²) >= 11 is 0. The van der Waals surface area contributed by atoms with Crippen LogP contribution in [0.2, 0.25) is 0 Å². The number of nitrogens with zero attached hydrogens (tertiary/aromatic N) is 2. The second kappa shape index (κ2) is 7.81. The molecule has 1 heterocycles. The average molecular weight is 288 g/mol. The molecule has 1 aliphatic rings. The van der Waals surface area contributed by atoms with Gasteiger partial charge in [0.25, 0.3) is 0 Å². The number of hydrogen-bond donors (Lipinski definition) is 3. The van der Waals surface area contributed by atoms with Crippen molar-refractivity contribution in [1.82, 2.24) is 9.80 Å². The van der Waals surface area contributed by atoms with Crippen molar-refractivity contribution in [3.8, 4) is 0 Å². The topological polar surface area (TPSA) is 118 Å². The SMILES string of the molecule is O=C(O)CN(CC(=O)O)CC1CCCCN1CC(=O)O. The zero-order valence-electron chi connectivity index (χ0n) is 11.2. The van der Waals surface area contributed by atoms with Gasteiger partial charge in [0.2, 0.25) is 0 Å². The lowest BCUT2D eigenvalue weighted by Crippen LogP contribution is -2.50. The molecule has 0 bridgehead atoms. The van der Waals surface area contributed by atoms with Crippen LogP contribution in [0.25, 0.3) is 0 Å². The highest BCUT2D eigenvalue weighted by molar-refractivity contribution is 5.72. The molecule has 3 N–H and O–H groups in total. The number of aliphatic carboxylic acids is 3. The van der Waals surface area contributed by atoms with E-state index in [1.807, 2.05) is 0 Å². The summed E-state index contributed by atoms with van der Waals surface area (Å²) in [5.74, 6) is -3.11. The van der Waals surface area contributed by atoms with E-state index < -0.39 is 17.9 Å². The Balaban J connectivity index is 2.64. The molecule has 1 aliphatic heterocycles. The van der Waals surface area contributed by atoms with Crippen molar-refractivity contribution in [3.63, 3.8) is 0 Å². The first-order chi connectivity index (χ1) is 9.38. The predicted octanol–water partition coefficient (Wildman–Crippen LogP) is -0.603. The predicted molar refractivity (Wildman–Crippen MR) is 68.6 cm³/mol. The molecule has 1 fully saturated rings. The Morgan fingerprint density at radius 2 is 1.60 bits per heavy atom. The molecule has 1 unspecified atom stereocenters. The summed E-state index contributed by atoms with van der Waals surface area (Å²) in [5, 5.41) is 26.5. The van der Waals surface area contributed by atoms with Crippen LogP contribution >= 0.6 is 0 Å². The van der Waals surface area contributed by atoms with Crippen molar-refractivity contribution >= 4 is 17.9 Å². The lowest BCUT2D eigenvalue weighted by atomic mass is 10.0. The molecule has 0 aliphatic carbocycles. The first-order valence-corrected chi connectivity index (χ1v) is 6.50. The van der Waals surface area contributed by atoms with Crippen molar-refractivity contribution in [2.45, 2.75) is 25.3 Å². The fourth-order valence-corrected chi connectivity index (χ4v) is 2.51. The van der Waals surface area contributed by atoms with Crippen molar-refractivity contribution in [1.29, 1.82) is 0 Å². The van der Waals surface area contributed by atoms with Gasteiger partial charge < -0.3 is 15.3 Å². The Hall–Kier alpha value is -1.67. The maximum atomic E-state index is 10.8. The summed E-state index contributed by atoms with van der Waals surface area (Å²) in [7, 11) is 0. The summed E-state index contributed by atoms with van der Waals surface area (Å²) in [6.45, 7) is 0.0862. The third-order valence-corrected chi connectivity index (χ3v) is 3.27. The summed E-state index contributed by atoms with van der Waals surface area (Å²) in [4.78, 5) is 35.4. The molecule has 0 aromatic carbocycles. The first kappa shape index (κ1) is 16.4. The molecule has 114 valence electrons. The van der Waals surface area contributed by atoms with E-state index >= 15 is 0 Å². The van der Waals surface area contributed by atoms with Crippen LogP contribution < -0.4 is 0 Å². The molecule has 0 saturated carbocycles. The van der Waals surface area contributed by atoms with Gasteiger partial charge in [0, 0.05) is 12.6 Å². The molecule has 0 aromatic rings. The smallest absolute Gasteiger partial charge is 0.317 e. The second-order valence-corrected chi connectivity index (χ2v) is 4.97. The van der Waals surface area contributed by atoms with Gasteiger partial charge in [0.15, 0.2) is 0 Å². The standard InChI is InChI=1S/C12H20N2O6/c15-10(16)6-13(7-11(17)18)5-9-3-1-2-4-14(9)8-12(19)20/h9H,1-8H2,(H,15,16)(H,17,18)(H,19,20). The summed E-state index contributed by atoms with van der Waals surface area (Å²) in [6.07, 6.45) is 2.60. The number of rotatable bonds is 8. The minimum atomic E-state index is -1.09. The zero-order chi connectivity index (χ0) is 15.1. The highest BCUT2D eigenvalue weighted by atomic mass is 16.4. The van der Waals surface area contributed by atoms with Crippen molar-refractivity contribution in [2.75, 3.05) is 32.7 Å². The molecule has 20 heavy (non-hydrogen) atoms. The molecule has 0 aromatic heterocycles. The van der Waals surface area contributed by atoms with Gasteiger partial charge in [-0.2, -0.15) is 0 Å². The molecular formula is C12H20N2O6. The van der Waals surface area contributed by atoms with Gasteiger partial charge in [0.1, 0.15) is 0 Å². The minimum absolute atomic E-state index is 0.0986. The normalized spacial score (nSPS) is 19.9. The monoisotopic (exact) mass is 288 g/mol. The van der Waals surface area contributed by atoms with Gasteiger partial charge in [-0.15, -0.1) is 0 Å². The molecule has 1 saturated heterocycles. The van der Waals surface area contributed by atoms with Crippen LogP contribution in [0.1, 0.15) is 19.3 Å². The Bertz CT molecular complexity index is 357. The largest absolute Gasteiger partial charge is 0.480 e. The van der Waals surface area contributed by atoms with Crippen LogP contribution in [0.15, 0.2) is 0 Å². The Morgan fingerprint density at radius 1 is 1.00 bits per heavy atom. The van der Waals surface area contributed by atoms with Gasteiger partial charge in [-0.1, -0.05) is 6.42 Å². The summed E-state index contributed by atoms with van der Waals surface area (Å²) < 4.78 is 0. The van der Waals surface area contributed by atoms with Gasteiger partial charge in [0.05, 0.1) is 19.6 Å². The fraction of sp³-hybridized carbons (Fsp3) is 0.750. The number of likely N-dealkylation sites (tertiary alicyclic amines) is 1. The van der Waals surface area contributed by atoms with E-state index in [0.29, 0.717) is 6.54 Å². The Morgan fingerprint density at radius 3 is 2.10 bits per heavy atom. The van der Waals surface area contributed by atoms with E-state index in [-0.39, 0.29) is 32.2 Å². The first-order valence-electron chi connectivity index (χ1n) is 6.50. The van der Waals surface area contributed by atoms with Crippen molar-refractivity contribution < 1.29 is 29.7 Å². The van der Waals surface area contributed by atoms with Gasteiger partial charge in [-0.3, -0.25) is 24.2 Å². The van der Waals surface area contributed by atoms with Crippen molar-refractivity contribution in [2.24, 2.45) is 0 Å². The van der Waals surface area contributed by atoms with E-state index in [0.717, 1.165) is 19.3 Å². The van der Waals surface area contributed by atoms with Crippen LogP contribution in [-0.2, 0) is 14.4 Å². The molecule has 8 nitrogen and oxygen atoms in total. The number of carbonyl (C=O) groups is 3. The molecule has 1 atom stereocenters. The number of piperidine rings is 1. The van der Waals surface area contributed by atoms with E-state index in [9.17, 15) is 14.4 Å².